The highest BCUT2D eigenvalue weighted by Crippen LogP contribution is 2.30. The lowest BCUT2D eigenvalue weighted by atomic mass is 10.1. The van der Waals surface area contributed by atoms with Gasteiger partial charge in [-0.2, -0.15) is 0 Å². The molecule has 0 spiro atoms. The van der Waals surface area contributed by atoms with Crippen molar-refractivity contribution >= 4 is 39.7 Å². The minimum atomic E-state index is 0.825. The van der Waals surface area contributed by atoms with Gasteiger partial charge in [0.25, 0.3) is 0 Å². The first-order valence-electron chi connectivity index (χ1n) is 17.4. The van der Waals surface area contributed by atoms with E-state index in [1.807, 2.05) is 117 Å². The fourth-order valence-corrected chi connectivity index (χ4v) is 4.65. The Morgan fingerprint density at radius 2 is 1.53 bits per heavy atom. The van der Waals surface area contributed by atoms with Crippen LogP contribution in [0, 0.1) is 6.92 Å². The fourth-order valence-electron chi connectivity index (χ4n) is 4.65. The van der Waals surface area contributed by atoms with Gasteiger partial charge < -0.3 is 10.2 Å². The molecule has 0 radical (unpaired) electrons. The molecule has 1 N–H and O–H groups in total. The number of allylic oxidation sites excluding steroid dienone is 6. The van der Waals surface area contributed by atoms with Crippen molar-refractivity contribution in [3.8, 4) is 0 Å². The van der Waals surface area contributed by atoms with Crippen LogP contribution in [-0.4, -0.2) is 28.0 Å². The summed E-state index contributed by atoms with van der Waals surface area (Å²) in [6.45, 7) is 26.3. The van der Waals surface area contributed by atoms with E-state index in [1.54, 1.807) is 0 Å². The number of nitrogens with one attached hydrogen (secondary N) is 1. The number of anilines is 3. The zero-order chi connectivity index (χ0) is 35.0. The summed E-state index contributed by atoms with van der Waals surface area (Å²) < 4.78 is 0. The zero-order valence-electron chi connectivity index (χ0n) is 30.8. The number of aryl methyl sites for hydroxylation is 1. The Morgan fingerprint density at radius 3 is 2.15 bits per heavy atom. The van der Waals surface area contributed by atoms with E-state index in [4.69, 9.17) is 0 Å². The van der Waals surface area contributed by atoms with Gasteiger partial charge in [-0.25, -0.2) is 4.98 Å². The molecular weight excluding hydrogens is 574 g/mol. The number of hydrogen-bond donors (Lipinski definition) is 1. The molecule has 3 aromatic heterocycles. The van der Waals surface area contributed by atoms with Gasteiger partial charge >= 0.3 is 0 Å². The molecule has 1 saturated heterocycles. The summed E-state index contributed by atoms with van der Waals surface area (Å²) in [6.07, 6.45) is 19.8. The van der Waals surface area contributed by atoms with Gasteiger partial charge in [-0.15, -0.1) is 0 Å². The molecule has 1 aliphatic rings. The summed E-state index contributed by atoms with van der Waals surface area (Å²) >= 11 is 0. The third kappa shape index (κ3) is 14.2. The number of rotatable bonds is 7. The molecule has 5 rings (SSSR count). The zero-order valence-corrected chi connectivity index (χ0v) is 30.8. The summed E-state index contributed by atoms with van der Waals surface area (Å²) in [7, 11) is 0. The second-order valence-corrected chi connectivity index (χ2v) is 10.4. The average Bonchev–Trinajstić information content (AvgIpc) is 3.13. The number of aromatic nitrogens is 3. The predicted octanol–water partition coefficient (Wildman–Crippen LogP) is 12.4. The van der Waals surface area contributed by atoms with E-state index < -0.39 is 0 Å². The van der Waals surface area contributed by atoms with Crippen LogP contribution in [0.5, 0.6) is 0 Å². The number of benzene rings is 1. The minimum Gasteiger partial charge on any atom is -0.372 e. The van der Waals surface area contributed by atoms with Gasteiger partial charge in [0.05, 0.1) is 11.2 Å². The molecule has 5 nitrogen and oxygen atoms in total. The van der Waals surface area contributed by atoms with Gasteiger partial charge in [-0.3, -0.25) is 9.97 Å². The SMILES string of the molecule is C/C=C/C=C(C)\C=C/c1ccnc(C)c1.C=C(C)c1ccc(Nc2ccnc3ccc(N4CCCCC4)cc23)nc1.CC.CC.CC. The maximum Gasteiger partial charge on any atom is 0.130 e. The van der Waals surface area contributed by atoms with E-state index in [0.717, 1.165) is 52.3 Å². The van der Waals surface area contributed by atoms with Crippen molar-refractivity contribution in [3.05, 3.63) is 120 Å². The summed E-state index contributed by atoms with van der Waals surface area (Å²) in [5, 5.41) is 4.57. The largest absolute Gasteiger partial charge is 0.372 e. The Labute approximate surface area is 286 Å². The van der Waals surface area contributed by atoms with Crippen LogP contribution >= 0.6 is 0 Å². The number of pyridine rings is 3. The van der Waals surface area contributed by atoms with Crippen molar-refractivity contribution in [3.63, 3.8) is 0 Å². The normalized spacial score (nSPS) is 12.5. The lowest BCUT2D eigenvalue weighted by Crippen LogP contribution is -2.29. The van der Waals surface area contributed by atoms with E-state index in [2.05, 4.69) is 81.2 Å². The van der Waals surface area contributed by atoms with Crippen LogP contribution in [-0.2, 0) is 0 Å². The van der Waals surface area contributed by atoms with E-state index in [-0.39, 0.29) is 0 Å². The highest BCUT2D eigenvalue weighted by Gasteiger charge is 2.12. The van der Waals surface area contributed by atoms with E-state index in [9.17, 15) is 0 Å². The van der Waals surface area contributed by atoms with Crippen molar-refractivity contribution < 1.29 is 0 Å². The number of piperidine rings is 1. The quantitative estimate of drug-likeness (QED) is 0.205. The molecule has 0 saturated carbocycles. The van der Waals surface area contributed by atoms with Crippen LogP contribution < -0.4 is 10.2 Å². The van der Waals surface area contributed by atoms with Crippen LogP contribution in [0.1, 0.15) is 98.4 Å². The van der Waals surface area contributed by atoms with E-state index >= 15 is 0 Å². The predicted molar refractivity (Wildman–Crippen MR) is 211 cm³/mol. The van der Waals surface area contributed by atoms with Crippen LogP contribution in [0.25, 0.3) is 22.6 Å². The molecule has 0 atom stereocenters. The monoisotopic (exact) mass is 633 g/mol. The lowest BCUT2D eigenvalue weighted by Gasteiger charge is -2.29. The van der Waals surface area contributed by atoms with Gasteiger partial charge in [0, 0.05) is 48.4 Å². The van der Waals surface area contributed by atoms with Gasteiger partial charge in [0.1, 0.15) is 5.82 Å². The average molecular weight is 634 g/mol. The van der Waals surface area contributed by atoms with Crippen LogP contribution in [0.3, 0.4) is 0 Å². The Morgan fingerprint density at radius 1 is 0.830 bits per heavy atom. The summed E-state index contributed by atoms with van der Waals surface area (Å²) in [6, 6.07) is 16.7. The first kappa shape index (κ1) is 40.5. The van der Waals surface area contributed by atoms with Crippen molar-refractivity contribution in [1.29, 1.82) is 0 Å². The summed E-state index contributed by atoms with van der Waals surface area (Å²) in [5.74, 6) is 0.825. The van der Waals surface area contributed by atoms with Crippen LogP contribution in [0.2, 0.25) is 0 Å². The van der Waals surface area contributed by atoms with Gasteiger partial charge in [0.15, 0.2) is 0 Å². The topological polar surface area (TPSA) is 53.9 Å². The molecule has 4 aromatic rings. The Balaban J connectivity index is 0.000000450. The third-order valence-electron chi connectivity index (χ3n) is 6.98. The standard InChI is InChI=1S/C22H24N4.C14H17N.3C2H6/c1-16(2)17-6-9-22(24-15-17)25-21-10-11-23-20-8-7-18(14-19(20)21)26-12-4-3-5-13-26;1-4-5-6-12(2)7-8-14-9-10-15-13(3)11-14;3*1-2/h6-11,14-15H,1,3-5,12-13H2,2H3,(H,23,24,25);4-11H,1-3H3;3*1-2H3/b;5-4+,8-7-,12-6-;;;. The molecule has 0 bridgehead atoms. The molecule has 0 aliphatic carbocycles. The smallest absolute Gasteiger partial charge is 0.130 e. The molecule has 47 heavy (non-hydrogen) atoms. The summed E-state index contributed by atoms with van der Waals surface area (Å²) in [4.78, 5) is 15.7. The second kappa shape index (κ2) is 23.8. The first-order chi connectivity index (χ1) is 22.9. The first-order valence-corrected chi connectivity index (χ1v) is 17.4. The van der Waals surface area contributed by atoms with Crippen molar-refractivity contribution in [2.75, 3.05) is 23.3 Å². The van der Waals surface area contributed by atoms with Crippen molar-refractivity contribution in [2.24, 2.45) is 0 Å². The number of hydrogen-bond acceptors (Lipinski definition) is 5. The van der Waals surface area contributed by atoms with Crippen LogP contribution in [0.4, 0.5) is 17.2 Å². The molecular formula is C42H59N5. The van der Waals surface area contributed by atoms with Gasteiger partial charge in [-0.1, -0.05) is 84.1 Å². The number of nitrogens with zero attached hydrogens (tertiary/aromatic N) is 4. The Hall–Kier alpha value is -4.51. The molecule has 1 fully saturated rings. The molecule has 5 heteroatoms. The number of fused-ring (bicyclic) bond motifs is 1. The highest BCUT2D eigenvalue weighted by molar-refractivity contribution is 5.94. The lowest BCUT2D eigenvalue weighted by molar-refractivity contribution is 0.578. The maximum absolute atomic E-state index is 4.52. The van der Waals surface area contributed by atoms with E-state index in [1.165, 1.54) is 36.1 Å². The third-order valence-corrected chi connectivity index (χ3v) is 6.98. The fraction of sp³-hybridized carbons (Fsp3) is 0.357. The second-order valence-electron chi connectivity index (χ2n) is 10.4. The highest BCUT2D eigenvalue weighted by atomic mass is 15.1. The Bertz CT molecular complexity index is 1540. The van der Waals surface area contributed by atoms with Gasteiger partial charge in [0.2, 0.25) is 0 Å². The molecule has 252 valence electrons. The minimum absolute atomic E-state index is 0.825. The molecule has 4 heterocycles. The van der Waals surface area contributed by atoms with Crippen molar-refractivity contribution in [1.82, 2.24) is 15.0 Å². The van der Waals surface area contributed by atoms with Crippen LogP contribution in [0.15, 0.2) is 104 Å². The van der Waals surface area contributed by atoms with Crippen molar-refractivity contribution in [2.45, 2.75) is 88.5 Å². The molecule has 0 amide bonds. The molecule has 1 aromatic carbocycles. The van der Waals surface area contributed by atoms with E-state index in [0.29, 0.717) is 0 Å². The maximum atomic E-state index is 4.52. The van der Waals surface area contributed by atoms with Gasteiger partial charge in [-0.05, 0) is 112 Å². The Kier molecular flexibility index (Phi) is 20.5. The summed E-state index contributed by atoms with van der Waals surface area (Å²) in [5.41, 5.74) is 8.86. The molecule has 0 unspecified atom stereocenters. The molecule has 1 aliphatic heterocycles.